The monoisotopic (exact) mass is 225 g/mol. The van der Waals surface area contributed by atoms with Crippen molar-refractivity contribution in [1.29, 1.82) is 0 Å². The van der Waals surface area contributed by atoms with Gasteiger partial charge in [-0.15, -0.1) is 0 Å². The minimum atomic E-state index is -0.603. The summed E-state index contributed by atoms with van der Waals surface area (Å²) in [7, 11) is 0. The summed E-state index contributed by atoms with van der Waals surface area (Å²) in [6.07, 6.45) is 2.19. The van der Waals surface area contributed by atoms with Gasteiger partial charge in [-0.05, 0) is 31.9 Å². The van der Waals surface area contributed by atoms with Crippen molar-refractivity contribution in [3.8, 4) is 0 Å². The average molecular weight is 225 g/mol. The van der Waals surface area contributed by atoms with E-state index in [1.165, 1.54) is 24.0 Å². The first kappa shape index (κ1) is 11.0. The van der Waals surface area contributed by atoms with Crippen LogP contribution in [0, 0.1) is 18.6 Å². The van der Waals surface area contributed by atoms with Crippen molar-refractivity contribution in [2.75, 3.05) is 11.4 Å². The SMILES string of the molecule is Cc1c(F)cc(N2CCCCC2=O)cc1F. The Hall–Kier alpha value is -1.45. The Bertz CT molecular complexity index is 408. The molecule has 2 rings (SSSR count). The minimum Gasteiger partial charge on any atom is -0.312 e. The molecule has 0 aromatic heterocycles. The van der Waals surface area contributed by atoms with Gasteiger partial charge in [-0.2, -0.15) is 0 Å². The quantitative estimate of drug-likeness (QED) is 0.719. The molecule has 0 radical (unpaired) electrons. The zero-order valence-electron chi connectivity index (χ0n) is 9.09. The number of anilines is 1. The Labute approximate surface area is 92.9 Å². The van der Waals surface area contributed by atoms with Crippen LogP contribution in [0.25, 0.3) is 0 Å². The molecule has 0 spiro atoms. The molecule has 86 valence electrons. The molecule has 4 heteroatoms. The van der Waals surface area contributed by atoms with Crippen LogP contribution >= 0.6 is 0 Å². The first-order valence-electron chi connectivity index (χ1n) is 5.35. The highest BCUT2D eigenvalue weighted by Crippen LogP contribution is 2.24. The molecule has 0 bridgehead atoms. The summed E-state index contributed by atoms with van der Waals surface area (Å²) in [5.74, 6) is -1.27. The maximum Gasteiger partial charge on any atom is 0.226 e. The second kappa shape index (κ2) is 4.20. The van der Waals surface area contributed by atoms with E-state index in [4.69, 9.17) is 0 Å². The average Bonchev–Trinajstić information content (AvgIpc) is 2.26. The molecule has 0 saturated carbocycles. The van der Waals surface area contributed by atoms with Crippen LogP contribution in [-0.2, 0) is 4.79 Å². The van der Waals surface area contributed by atoms with E-state index in [0.717, 1.165) is 12.8 Å². The van der Waals surface area contributed by atoms with Crippen molar-refractivity contribution in [3.63, 3.8) is 0 Å². The number of rotatable bonds is 1. The molecule has 0 N–H and O–H groups in total. The topological polar surface area (TPSA) is 20.3 Å². The van der Waals surface area contributed by atoms with E-state index >= 15 is 0 Å². The Balaban J connectivity index is 2.36. The van der Waals surface area contributed by atoms with E-state index in [9.17, 15) is 13.6 Å². The number of piperidine rings is 1. The van der Waals surface area contributed by atoms with Crippen LogP contribution in [0.2, 0.25) is 0 Å². The van der Waals surface area contributed by atoms with E-state index in [1.807, 2.05) is 0 Å². The van der Waals surface area contributed by atoms with E-state index in [0.29, 0.717) is 18.7 Å². The Morgan fingerprint density at radius 2 is 1.81 bits per heavy atom. The number of hydrogen-bond acceptors (Lipinski definition) is 1. The Kier molecular flexibility index (Phi) is 2.90. The highest BCUT2D eigenvalue weighted by Gasteiger charge is 2.21. The van der Waals surface area contributed by atoms with Gasteiger partial charge >= 0.3 is 0 Å². The minimum absolute atomic E-state index is 0.00629. The van der Waals surface area contributed by atoms with E-state index in [2.05, 4.69) is 0 Å². The van der Waals surface area contributed by atoms with Gasteiger partial charge in [-0.3, -0.25) is 4.79 Å². The van der Waals surface area contributed by atoms with Crippen LogP contribution in [0.4, 0.5) is 14.5 Å². The van der Waals surface area contributed by atoms with Gasteiger partial charge in [0.05, 0.1) is 0 Å². The molecule has 1 aromatic carbocycles. The van der Waals surface area contributed by atoms with Gasteiger partial charge in [0.2, 0.25) is 5.91 Å². The number of carbonyl (C=O) groups is 1. The van der Waals surface area contributed by atoms with Crippen molar-refractivity contribution in [2.45, 2.75) is 26.2 Å². The molecule has 0 unspecified atom stereocenters. The van der Waals surface area contributed by atoms with Gasteiger partial charge in [-0.25, -0.2) is 8.78 Å². The summed E-state index contributed by atoms with van der Waals surface area (Å²) < 4.78 is 26.7. The van der Waals surface area contributed by atoms with Gasteiger partial charge in [0.25, 0.3) is 0 Å². The largest absolute Gasteiger partial charge is 0.312 e. The Morgan fingerprint density at radius 3 is 2.38 bits per heavy atom. The van der Waals surface area contributed by atoms with Gasteiger partial charge < -0.3 is 4.90 Å². The molecule has 0 atom stereocenters. The standard InChI is InChI=1S/C12H13F2NO/c1-8-10(13)6-9(7-11(8)14)15-5-3-2-4-12(15)16/h6-7H,2-5H2,1H3. The highest BCUT2D eigenvalue weighted by atomic mass is 19.1. The lowest BCUT2D eigenvalue weighted by atomic mass is 10.1. The van der Waals surface area contributed by atoms with Crippen LogP contribution in [0.15, 0.2) is 12.1 Å². The molecule has 16 heavy (non-hydrogen) atoms. The summed E-state index contributed by atoms with van der Waals surface area (Å²) in [5.41, 5.74) is 0.318. The molecule has 1 aliphatic heterocycles. The summed E-state index contributed by atoms with van der Waals surface area (Å²) in [4.78, 5) is 13.0. The first-order valence-corrected chi connectivity index (χ1v) is 5.35. The molecule has 1 heterocycles. The predicted molar refractivity (Wildman–Crippen MR) is 57.3 cm³/mol. The third-order valence-electron chi connectivity index (χ3n) is 2.90. The number of benzene rings is 1. The highest BCUT2D eigenvalue weighted by molar-refractivity contribution is 5.94. The summed E-state index contributed by atoms with van der Waals surface area (Å²) in [5, 5.41) is 0. The van der Waals surface area contributed by atoms with Crippen LogP contribution in [0.1, 0.15) is 24.8 Å². The fourth-order valence-electron chi connectivity index (χ4n) is 1.87. The Morgan fingerprint density at radius 1 is 1.19 bits per heavy atom. The molecule has 1 saturated heterocycles. The lowest BCUT2D eigenvalue weighted by Gasteiger charge is -2.27. The number of halogens is 2. The van der Waals surface area contributed by atoms with Crippen LogP contribution in [-0.4, -0.2) is 12.5 Å². The fraction of sp³-hybridized carbons (Fsp3) is 0.417. The third kappa shape index (κ3) is 1.92. The molecule has 2 nitrogen and oxygen atoms in total. The second-order valence-electron chi connectivity index (χ2n) is 4.04. The van der Waals surface area contributed by atoms with Crippen LogP contribution < -0.4 is 4.90 Å². The summed E-state index contributed by atoms with van der Waals surface area (Å²) in [6.45, 7) is 1.92. The molecular weight excluding hydrogens is 212 g/mol. The van der Waals surface area contributed by atoms with Crippen LogP contribution in [0.5, 0.6) is 0 Å². The zero-order valence-corrected chi connectivity index (χ0v) is 9.09. The van der Waals surface area contributed by atoms with E-state index in [1.54, 1.807) is 0 Å². The molecule has 1 fully saturated rings. The third-order valence-corrected chi connectivity index (χ3v) is 2.90. The second-order valence-corrected chi connectivity index (χ2v) is 4.04. The number of hydrogen-bond donors (Lipinski definition) is 0. The van der Waals surface area contributed by atoms with Gasteiger partial charge in [0.15, 0.2) is 0 Å². The number of nitrogens with zero attached hydrogens (tertiary/aromatic N) is 1. The molecule has 1 aliphatic rings. The number of amides is 1. The van der Waals surface area contributed by atoms with Crippen molar-refractivity contribution in [2.24, 2.45) is 0 Å². The normalized spacial score (nSPS) is 16.7. The fourth-order valence-corrected chi connectivity index (χ4v) is 1.87. The summed E-state index contributed by atoms with van der Waals surface area (Å²) >= 11 is 0. The smallest absolute Gasteiger partial charge is 0.226 e. The van der Waals surface area contributed by atoms with Crippen molar-refractivity contribution in [1.82, 2.24) is 0 Å². The van der Waals surface area contributed by atoms with Crippen molar-refractivity contribution < 1.29 is 13.6 Å². The summed E-state index contributed by atoms with van der Waals surface area (Å²) in [6, 6.07) is 2.45. The van der Waals surface area contributed by atoms with E-state index in [-0.39, 0.29) is 11.5 Å². The van der Waals surface area contributed by atoms with Gasteiger partial charge in [0, 0.05) is 24.2 Å². The van der Waals surface area contributed by atoms with E-state index < -0.39 is 11.6 Å². The molecule has 0 aliphatic carbocycles. The van der Waals surface area contributed by atoms with Gasteiger partial charge in [-0.1, -0.05) is 0 Å². The van der Waals surface area contributed by atoms with Crippen molar-refractivity contribution in [3.05, 3.63) is 29.3 Å². The lowest BCUT2D eigenvalue weighted by Crippen LogP contribution is -2.35. The number of carbonyl (C=O) groups excluding carboxylic acids is 1. The first-order chi connectivity index (χ1) is 7.59. The maximum atomic E-state index is 13.3. The maximum absolute atomic E-state index is 13.3. The van der Waals surface area contributed by atoms with Crippen LogP contribution in [0.3, 0.4) is 0 Å². The zero-order chi connectivity index (χ0) is 11.7. The predicted octanol–water partition coefficient (Wildman–Crippen LogP) is 2.79. The lowest BCUT2D eigenvalue weighted by molar-refractivity contribution is -0.119. The molecule has 1 aromatic rings. The van der Waals surface area contributed by atoms with Gasteiger partial charge in [0.1, 0.15) is 11.6 Å². The van der Waals surface area contributed by atoms with Crippen molar-refractivity contribution >= 4 is 11.6 Å². The molecular formula is C12H13F2NO. The molecule has 1 amide bonds.